The number of aromatic amines is 4. The number of allylic oxidation sites excluding steroid dienone is 3. The first-order valence-electron chi connectivity index (χ1n) is 26.1. The molecule has 5 aromatic carbocycles. The zero-order chi connectivity index (χ0) is 61.9. The SMILES string of the molecule is COc1c(-c2c[nH]c(C(=O)O)c2)cccc1[N+](=O)[O-].COc1c(N)cccc1-c1c[nH]c(C(=O)O)c1.Cc1[nH]n(-c2ccc3c(c2)CCCC3)c(=O)c1N=Nc1cccc(C2=CCC(C(=O)O)=C2)c1O.Nc1cccc(-c2c[nH]c(C(=O)O)c2)c1O. The number of nitrogens with zero attached hydrogens (tertiary/aromatic N) is 4. The summed E-state index contributed by atoms with van der Waals surface area (Å²) < 4.78 is 11.7. The van der Waals surface area contributed by atoms with Gasteiger partial charge < -0.3 is 66.5 Å². The Morgan fingerprint density at radius 2 is 1.15 bits per heavy atom. The number of azo groups is 1. The highest BCUT2D eigenvalue weighted by Gasteiger charge is 2.22. The summed E-state index contributed by atoms with van der Waals surface area (Å²) in [4.78, 5) is 74.8. The molecule has 2 aliphatic rings. The van der Waals surface area contributed by atoms with E-state index in [2.05, 4.69) is 42.4 Å². The average molecular weight is 1170 g/mol. The van der Waals surface area contributed by atoms with E-state index in [1.807, 2.05) is 12.1 Å². The number of hydrogen-bond acceptors (Lipinski definition) is 15. The number of ether oxygens (including phenoxy) is 2. The van der Waals surface area contributed by atoms with Gasteiger partial charge in [-0.05, 0) is 110 Å². The molecule has 440 valence electrons. The molecule has 0 amide bonds. The minimum atomic E-state index is -1.10. The van der Waals surface area contributed by atoms with Gasteiger partial charge in [-0.15, -0.1) is 10.2 Å². The molecule has 0 atom stereocenters. The summed E-state index contributed by atoms with van der Waals surface area (Å²) in [6.45, 7) is 1.75. The third-order valence-electron chi connectivity index (χ3n) is 13.7. The molecule has 11 rings (SSSR count). The first-order chi connectivity index (χ1) is 41.2. The standard InChI is InChI=1S/C26H24N4O4.C12H10N2O5.C12H12N2O3.C11H10N2O3/c1-15-23(25(32)30(29-15)20-12-11-16-5-2-3-6-17(16)14-20)28-27-22-8-4-7-21(24(22)31)18-9-10-19(13-18)26(33)34;1-19-11-8(3-2-4-10(11)14(17)18)7-5-9(12(15)16)13-6-7;1-17-11-8(3-2-4-9(11)13)7-5-10(12(15)16)14-6-7;12-8-3-1-2-7(10(8)14)6-4-9(11(15)16)13-5-6/h4,7-9,11-14,29,31H,2-3,5-6,10H2,1H3,(H,33,34);2-6,13H,1H3,(H,15,16);2-6,14H,13H2,1H3,(H,15,16);1-5,13-14H,12H2,(H,15,16). The second-order valence-electron chi connectivity index (χ2n) is 19.2. The zero-order valence-electron chi connectivity index (χ0n) is 46.1. The maximum atomic E-state index is 13.1. The second kappa shape index (κ2) is 26.4. The maximum Gasteiger partial charge on any atom is 0.352 e. The molecule has 0 aliphatic heterocycles. The average Bonchev–Trinajstić information content (AvgIpc) is 2.69. The number of phenols is 2. The summed E-state index contributed by atoms with van der Waals surface area (Å²) in [6.07, 6.45) is 12.6. The Kier molecular flexibility index (Phi) is 18.4. The lowest BCUT2D eigenvalue weighted by Crippen LogP contribution is -2.15. The number of nitro benzene ring substituents is 1. The Bertz CT molecular complexity index is 4230. The van der Waals surface area contributed by atoms with E-state index in [9.17, 15) is 49.4 Å². The summed E-state index contributed by atoms with van der Waals surface area (Å²) in [7, 11) is 2.86. The number of nitrogens with two attached hydrogens (primary N) is 2. The number of aromatic carboxylic acids is 3. The molecule has 14 N–H and O–H groups in total. The van der Waals surface area contributed by atoms with Crippen LogP contribution in [0.1, 0.15) is 73.1 Å². The number of anilines is 2. The summed E-state index contributed by atoms with van der Waals surface area (Å²) in [5, 5.41) is 78.3. The van der Waals surface area contributed by atoms with Crippen molar-refractivity contribution in [2.75, 3.05) is 25.7 Å². The van der Waals surface area contributed by atoms with E-state index in [0.29, 0.717) is 56.9 Å². The Morgan fingerprint density at radius 3 is 1.70 bits per heavy atom. The number of para-hydroxylation sites is 4. The number of aromatic nitrogens is 5. The monoisotopic (exact) mass is 1170 g/mol. The number of aliphatic carboxylic acids is 1. The molecule has 0 saturated heterocycles. The summed E-state index contributed by atoms with van der Waals surface area (Å²) in [5.41, 5.74) is 21.0. The molecule has 0 fully saturated rings. The normalized spacial score (nSPS) is 12.2. The number of nitrogens with one attached hydrogen (secondary N) is 4. The van der Waals surface area contributed by atoms with Crippen molar-refractivity contribution < 1.29 is 64.2 Å². The molecular formula is C61H56N10O15. The van der Waals surface area contributed by atoms with Gasteiger partial charge in [-0.3, -0.25) is 20.0 Å². The van der Waals surface area contributed by atoms with Crippen LogP contribution < -0.4 is 26.5 Å². The van der Waals surface area contributed by atoms with E-state index < -0.39 is 28.8 Å². The van der Waals surface area contributed by atoms with Crippen LogP contribution in [0.3, 0.4) is 0 Å². The van der Waals surface area contributed by atoms with Gasteiger partial charge in [0.1, 0.15) is 34.3 Å². The first kappa shape index (κ1) is 60.2. The van der Waals surface area contributed by atoms with E-state index in [1.54, 1.807) is 79.9 Å². The van der Waals surface area contributed by atoms with Crippen molar-refractivity contribution in [1.29, 1.82) is 0 Å². The molecule has 0 bridgehead atoms. The number of carboxylic acid groups (broad SMARTS) is 4. The van der Waals surface area contributed by atoms with Crippen molar-refractivity contribution in [3.05, 3.63) is 205 Å². The number of hydrogen-bond donors (Lipinski definition) is 12. The first-order valence-corrected chi connectivity index (χ1v) is 26.1. The number of phenolic OH excluding ortho intramolecular Hbond substituents is 2. The number of carboxylic acids is 4. The topological polar surface area (TPSA) is 413 Å². The van der Waals surface area contributed by atoms with Crippen LogP contribution in [0, 0.1) is 17.0 Å². The summed E-state index contributed by atoms with van der Waals surface area (Å²) >= 11 is 0. The molecule has 86 heavy (non-hydrogen) atoms. The van der Waals surface area contributed by atoms with Crippen molar-refractivity contribution in [3.8, 4) is 62.1 Å². The number of carbonyl (C=O) groups is 4. The number of methoxy groups -OCH3 is 2. The number of aromatic hydroxyl groups is 2. The third-order valence-corrected chi connectivity index (χ3v) is 13.7. The largest absolute Gasteiger partial charge is 0.505 e. The highest BCUT2D eigenvalue weighted by molar-refractivity contribution is 5.96. The molecule has 4 aromatic heterocycles. The van der Waals surface area contributed by atoms with Gasteiger partial charge in [0.05, 0.1) is 41.9 Å². The van der Waals surface area contributed by atoms with Crippen molar-refractivity contribution >= 4 is 57.9 Å². The fourth-order valence-corrected chi connectivity index (χ4v) is 9.44. The lowest BCUT2D eigenvalue weighted by molar-refractivity contribution is -0.385. The van der Waals surface area contributed by atoms with Crippen LogP contribution in [-0.2, 0) is 17.6 Å². The van der Waals surface area contributed by atoms with Crippen LogP contribution in [-0.4, -0.2) is 98.4 Å². The predicted octanol–water partition coefficient (Wildman–Crippen LogP) is 11.2. The number of benzene rings is 5. The van der Waals surface area contributed by atoms with E-state index >= 15 is 0 Å². The van der Waals surface area contributed by atoms with Crippen molar-refractivity contribution in [2.24, 2.45) is 10.2 Å². The van der Waals surface area contributed by atoms with Gasteiger partial charge in [0.25, 0.3) is 5.56 Å². The quantitative estimate of drug-likeness (QED) is 0.0158. The number of nitro groups is 1. The Hall–Kier alpha value is -11.9. The van der Waals surface area contributed by atoms with Crippen LogP contribution >= 0.6 is 0 Å². The predicted molar refractivity (Wildman–Crippen MR) is 318 cm³/mol. The molecule has 25 heteroatoms. The van der Waals surface area contributed by atoms with E-state index in [1.165, 1.54) is 79.2 Å². The molecule has 0 spiro atoms. The van der Waals surface area contributed by atoms with Crippen molar-refractivity contribution in [1.82, 2.24) is 24.7 Å². The second-order valence-corrected chi connectivity index (χ2v) is 19.2. The Labute approximate surface area is 487 Å². The fourth-order valence-electron chi connectivity index (χ4n) is 9.44. The van der Waals surface area contributed by atoms with Gasteiger partial charge in [-0.1, -0.05) is 60.7 Å². The lowest BCUT2D eigenvalue weighted by atomic mass is 9.91. The van der Waals surface area contributed by atoms with Crippen LogP contribution in [0.4, 0.5) is 28.4 Å². The van der Waals surface area contributed by atoms with E-state index in [4.69, 9.17) is 36.3 Å². The Balaban J connectivity index is 0.000000158. The number of rotatable bonds is 14. The van der Waals surface area contributed by atoms with Crippen molar-refractivity contribution in [2.45, 2.75) is 39.0 Å². The van der Waals surface area contributed by atoms with Gasteiger partial charge >= 0.3 is 29.6 Å². The molecule has 0 unspecified atom stereocenters. The summed E-state index contributed by atoms with van der Waals surface area (Å²) in [6, 6.07) is 30.2. The number of nitrogen functional groups attached to an aromatic ring is 2. The smallest absolute Gasteiger partial charge is 0.352 e. The van der Waals surface area contributed by atoms with Crippen LogP contribution in [0.2, 0.25) is 0 Å². The highest BCUT2D eigenvalue weighted by atomic mass is 16.6. The number of H-pyrrole nitrogens is 4. The highest BCUT2D eigenvalue weighted by Crippen LogP contribution is 2.41. The lowest BCUT2D eigenvalue weighted by Gasteiger charge is -2.16. The number of aryl methyl sites for hydroxylation is 3. The molecule has 4 heterocycles. The van der Waals surface area contributed by atoms with Crippen LogP contribution in [0.5, 0.6) is 23.0 Å². The summed E-state index contributed by atoms with van der Waals surface area (Å²) in [5.74, 6) is -3.65. The van der Waals surface area contributed by atoms with Crippen LogP contribution in [0.25, 0.3) is 44.6 Å². The molecule has 9 aromatic rings. The zero-order valence-corrected chi connectivity index (χ0v) is 46.1. The van der Waals surface area contributed by atoms with Gasteiger partial charge in [-0.2, -0.15) is 0 Å². The van der Waals surface area contributed by atoms with E-state index in [0.717, 1.165) is 36.1 Å². The minimum Gasteiger partial charge on any atom is -0.505 e. The van der Waals surface area contributed by atoms with Gasteiger partial charge in [0.2, 0.25) is 5.75 Å². The van der Waals surface area contributed by atoms with Gasteiger partial charge in [0.15, 0.2) is 11.4 Å². The molecule has 0 radical (unpaired) electrons. The molecule has 25 nitrogen and oxygen atoms in total. The maximum absolute atomic E-state index is 13.1. The van der Waals surface area contributed by atoms with Crippen molar-refractivity contribution in [3.63, 3.8) is 0 Å². The molecule has 2 aliphatic carbocycles. The molecular weight excluding hydrogens is 1110 g/mol. The molecule has 0 saturated carbocycles. The van der Waals surface area contributed by atoms with Gasteiger partial charge in [-0.25, -0.2) is 23.9 Å². The third kappa shape index (κ3) is 13.4. The van der Waals surface area contributed by atoms with Crippen LogP contribution in [0.15, 0.2) is 161 Å². The van der Waals surface area contributed by atoms with E-state index in [-0.39, 0.29) is 68.2 Å². The van der Waals surface area contributed by atoms with Gasteiger partial charge in [0, 0.05) is 69.2 Å². The minimum absolute atomic E-state index is 0.00330. The number of fused-ring (bicyclic) bond motifs is 1. The fraction of sp³-hybridized carbons (Fsp3) is 0.131. The Morgan fingerprint density at radius 1 is 0.628 bits per heavy atom.